The third-order valence-corrected chi connectivity index (χ3v) is 4.34. The molecule has 2 aromatic carbocycles. The predicted octanol–water partition coefficient (Wildman–Crippen LogP) is 2.50. The number of fused-ring (bicyclic) bond motifs is 1. The van der Waals surface area contributed by atoms with E-state index in [1.807, 2.05) is 36.4 Å². The van der Waals surface area contributed by atoms with Gasteiger partial charge in [-0.15, -0.1) is 5.10 Å². The molecule has 0 bridgehead atoms. The van der Waals surface area contributed by atoms with Crippen LogP contribution in [0.2, 0.25) is 0 Å². The molecule has 0 aliphatic heterocycles. The Labute approximate surface area is 134 Å². The van der Waals surface area contributed by atoms with Crippen LogP contribution in [0.3, 0.4) is 0 Å². The van der Waals surface area contributed by atoms with Crippen LogP contribution < -0.4 is 10.1 Å². The Bertz CT molecular complexity index is 1080. The molecule has 0 amide bonds. The van der Waals surface area contributed by atoms with Gasteiger partial charge in [-0.3, -0.25) is 4.79 Å². The Hall–Kier alpha value is -2.86. The lowest BCUT2D eigenvalue weighted by atomic mass is 10.2. The van der Waals surface area contributed by atoms with Crippen molar-refractivity contribution in [3.05, 3.63) is 80.9 Å². The summed E-state index contributed by atoms with van der Waals surface area (Å²) in [4.78, 5) is 17.3. The van der Waals surface area contributed by atoms with Gasteiger partial charge in [-0.05, 0) is 35.9 Å². The van der Waals surface area contributed by atoms with E-state index in [-0.39, 0.29) is 11.4 Å². The largest absolute Gasteiger partial charge is 0.291 e. The molecule has 0 N–H and O–H groups in total. The first kappa shape index (κ1) is 13.8. The maximum Gasteiger partial charge on any atom is 0.291 e. The van der Waals surface area contributed by atoms with E-state index >= 15 is 0 Å². The SMILES string of the molecule is O=c1/c(=C/c2ccccc2)sc2nc(-c3ccc(F)cc3)nn12. The number of aromatic nitrogens is 3. The summed E-state index contributed by atoms with van der Waals surface area (Å²) >= 11 is 1.28. The zero-order valence-corrected chi connectivity index (χ0v) is 12.6. The third-order valence-electron chi connectivity index (χ3n) is 3.38. The highest BCUT2D eigenvalue weighted by Gasteiger charge is 2.11. The van der Waals surface area contributed by atoms with Gasteiger partial charge in [0.25, 0.3) is 5.56 Å². The van der Waals surface area contributed by atoms with Crippen molar-refractivity contribution in [1.29, 1.82) is 0 Å². The Morgan fingerprint density at radius 2 is 1.78 bits per heavy atom. The van der Waals surface area contributed by atoms with E-state index in [4.69, 9.17) is 0 Å². The van der Waals surface area contributed by atoms with Crippen LogP contribution in [0.1, 0.15) is 5.56 Å². The Kier molecular flexibility index (Phi) is 3.24. The van der Waals surface area contributed by atoms with Gasteiger partial charge in [-0.2, -0.15) is 9.50 Å². The topological polar surface area (TPSA) is 47.3 Å². The van der Waals surface area contributed by atoms with Gasteiger partial charge in [0.2, 0.25) is 4.96 Å². The Morgan fingerprint density at radius 1 is 1.04 bits per heavy atom. The van der Waals surface area contributed by atoms with E-state index in [0.717, 1.165) is 5.56 Å². The van der Waals surface area contributed by atoms with Crippen LogP contribution in [0, 0.1) is 5.82 Å². The summed E-state index contributed by atoms with van der Waals surface area (Å²) < 4.78 is 14.8. The highest BCUT2D eigenvalue weighted by atomic mass is 32.1. The maximum atomic E-state index is 13.0. The van der Waals surface area contributed by atoms with Crippen molar-refractivity contribution in [2.75, 3.05) is 0 Å². The van der Waals surface area contributed by atoms with E-state index in [1.54, 1.807) is 12.1 Å². The molecule has 0 fully saturated rings. The molecule has 0 saturated heterocycles. The molecule has 0 unspecified atom stereocenters. The first-order valence-corrected chi connectivity index (χ1v) is 7.75. The number of nitrogens with zero attached hydrogens (tertiary/aromatic N) is 3. The molecule has 0 spiro atoms. The minimum absolute atomic E-state index is 0.199. The molecule has 2 aromatic heterocycles. The molecule has 23 heavy (non-hydrogen) atoms. The number of rotatable bonds is 2. The number of benzene rings is 2. The lowest BCUT2D eigenvalue weighted by Crippen LogP contribution is -2.23. The Morgan fingerprint density at radius 3 is 2.48 bits per heavy atom. The zero-order valence-electron chi connectivity index (χ0n) is 11.8. The lowest BCUT2D eigenvalue weighted by molar-refractivity contribution is 0.628. The second kappa shape index (κ2) is 5.40. The van der Waals surface area contributed by atoms with Gasteiger partial charge in [0, 0.05) is 5.56 Å². The van der Waals surface area contributed by atoms with Crippen molar-refractivity contribution in [3.8, 4) is 11.4 Å². The van der Waals surface area contributed by atoms with Gasteiger partial charge in [0.05, 0.1) is 4.53 Å². The molecule has 0 radical (unpaired) electrons. The fourth-order valence-corrected chi connectivity index (χ4v) is 3.16. The Balaban J connectivity index is 1.82. The van der Waals surface area contributed by atoms with Crippen molar-refractivity contribution in [1.82, 2.24) is 14.6 Å². The molecule has 6 heteroatoms. The van der Waals surface area contributed by atoms with Crippen molar-refractivity contribution in [3.63, 3.8) is 0 Å². The quantitative estimate of drug-likeness (QED) is 0.569. The standard InChI is InChI=1S/C17H10FN3OS/c18-13-8-6-12(7-9-13)15-19-17-21(20-15)16(22)14(23-17)10-11-4-2-1-3-5-11/h1-10H/b14-10-. The van der Waals surface area contributed by atoms with Gasteiger partial charge in [0.15, 0.2) is 5.82 Å². The zero-order chi connectivity index (χ0) is 15.8. The number of hydrogen-bond acceptors (Lipinski definition) is 4. The van der Waals surface area contributed by atoms with Crippen molar-refractivity contribution < 1.29 is 4.39 Å². The van der Waals surface area contributed by atoms with Gasteiger partial charge in [-0.1, -0.05) is 41.7 Å². The smallest absolute Gasteiger partial charge is 0.266 e. The molecule has 112 valence electrons. The van der Waals surface area contributed by atoms with Crippen LogP contribution in [-0.4, -0.2) is 14.6 Å². The number of hydrogen-bond donors (Lipinski definition) is 0. The predicted molar refractivity (Wildman–Crippen MR) is 87.8 cm³/mol. The first-order valence-electron chi connectivity index (χ1n) is 6.93. The maximum absolute atomic E-state index is 13.0. The normalized spacial score (nSPS) is 12.1. The molecular weight excluding hydrogens is 313 g/mol. The van der Waals surface area contributed by atoms with Crippen molar-refractivity contribution >= 4 is 22.4 Å². The van der Waals surface area contributed by atoms with E-state index in [2.05, 4.69) is 10.1 Å². The minimum atomic E-state index is -0.320. The summed E-state index contributed by atoms with van der Waals surface area (Å²) in [6.07, 6.45) is 1.82. The van der Waals surface area contributed by atoms with E-state index < -0.39 is 0 Å². The third kappa shape index (κ3) is 2.53. The second-order valence-electron chi connectivity index (χ2n) is 4.96. The molecular formula is C17H10FN3OS. The summed E-state index contributed by atoms with van der Waals surface area (Å²) in [6.45, 7) is 0. The van der Waals surface area contributed by atoms with Crippen LogP contribution in [0.4, 0.5) is 4.39 Å². The fourth-order valence-electron chi connectivity index (χ4n) is 2.26. The molecule has 4 rings (SSSR count). The molecule has 2 heterocycles. The summed E-state index contributed by atoms with van der Waals surface area (Å²) in [5.74, 6) is 0.0960. The molecule has 4 aromatic rings. The molecule has 0 aliphatic rings. The first-order chi connectivity index (χ1) is 11.2. The molecule has 0 aliphatic carbocycles. The van der Waals surface area contributed by atoms with Crippen LogP contribution in [0.25, 0.3) is 22.4 Å². The average Bonchev–Trinajstić information content (AvgIpc) is 3.10. The highest BCUT2D eigenvalue weighted by Crippen LogP contribution is 2.16. The van der Waals surface area contributed by atoms with Crippen LogP contribution in [-0.2, 0) is 0 Å². The molecule has 4 nitrogen and oxygen atoms in total. The monoisotopic (exact) mass is 323 g/mol. The average molecular weight is 323 g/mol. The lowest BCUT2D eigenvalue weighted by Gasteiger charge is -1.93. The summed E-state index contributed by atoms with van der Waals surface area (Å²) in [7, 11) is 0. The molecule has 0 atom stereocenters. The van der Waals surface area contributed by atoms with Crippen LogP contribution >= 0.6 is 11.3 Å². The van der Waals surface area contributed by atoms with Crippen LogP contribution in [0.5, 0.6) is 0 Å². The minimum Gasteiger partial charge on any atom is -0.266 e. The van der Waals surface area contributed by atoms with Gasteiger partial charge in [-0.25, -0.2) is 4.39 Å². The summed E-state index contributed by atoms with van der Waals surface area (Å²) in [5, 5.41) is 4.24. The van der Waals surface area contributed by atoms with Gasteiger partial charge < -0.3 is 0 Å². The number of halogens is 1. The van der Waals surface area contributed by atoms with E-state index in [1.165, 1.54) is 28.0 Å². The van der Waals surface area contributed by atoms with E-state index in [9.17, 15) is 9.18 Å². The highest BCUT2D eigenvalue weighted by molar-refractivity contribution is 7.15. The van der Waals surface area contributed by atoms with Gasteiger partial charge >= 0.3 is 0 Å². The fraction of sp³-hybridized carbons (Fsp3) is 0. The summed E-state index contributed by atoms with van der Waals surface area (Å²) in [6, 6.07) is 15.5. The van der Waals surface area contributed by atoms with Crippen LogP contribution in [0.15, 0.2) is 59.4 Å². The second-order valence-corrected chi connectivity index (χ2v) is 5.97. The van der Waals surface area contributed by atoms with Gasteiger partial charge in [0.1, 0.15) is 5.82 Å². The summed E-state index contributed by atoms with van der Waals surface area (Å²) in [5.41, 5.74) is 1.43. The van der Waals surface area contributed by atoms with Crippen molar-refractivity contribution in [2.45, 2.75) is 0 Å². The van der Waals surface area contributed by atoms with E-state index in [0.29, 0.717) is 20.9 Å². The molecule has 0 saturated carbocycles. The number of thiazole rings is 1. The van der Waals surface area contributed by atoms with Crippen molar-refractivity contribution in [2.24, 2.45) is 0 Å².